The van der Waals surface area contributed by atoms with Gasteiger partial charge in [-0.3, -0.25) is 10.1 Å². The van der Waals surface area contributed by atoms with E-state index >= 15 is 0 Å². The highest BCUT2D eigenvalue weighted by molar-refractivity contribution is 5.15. The van der Waals surface area contributed by atoms with E-state index in [1.165, 1.54) is 57.1 Å². The molecule has 1 aromatic heterocycles. The fourth-order valence-electron chi connectivity index (χ4n) is 5.97. The number of nitrogens with zero attached hydrogens (tertiary/aromatic N) is 3. The molecule has 7 heteroatoms. The quantitative estimate of drug-likeness (QED) is 0.509. The second-order valence-electron chi connectivity index (χ2n) is 9.94. The maximum Gasteiger partial charge on any atom is 0.213 e. The third-order valence-electron chi connectivity index (χ3n) is 7.78. The van der Waals surface area contributed by atoms with E-state index in [4.69, 9.17) is 10.7 Å². The van der Waals surface area contributed by atoms with Crippen LogP contribution in [0.25, 0.3) is 0 Å². The first kappa shape index (κ1) is 21.8. The van der Waals surface area contributed by atoms with Crippen molar-refractivity contribution in [2.75, 3.05) is 6.54 Å². The van der Waals surface area contributed by atoms with Gasteiger partial charge in [0.1, 0.15) is 5.82 Å². The first-order chi connectivity index (χ1) is 14.6. The van der Waals surface area contributed by atoms with Gasteiger partial charge in [0.25, 0.3) is 0 Å². The molecule has 0 aromatic carbocycles. The Morgan fingerprint density at radius 3 is 2.50 bits per heavy atom. The molecule has 7 nitrogen and oxygen atoms in total. The van der Waals surface area contributed by atoms with Gasteiger partial charge in [0.15, 0.2) is 0 Å². The average molecular weight is 418 g/mol. The van der Waals surface area contributed by atoms with Crippen LogP contribution in [0.4, 0.5) is 0 Å². The lowest BCUT2D eigenvalue weighted by Crippen LogP contribution is -2.37. The minimum atomic E-state index is -0.366. The number of nitrogens with two attached hydrogens (primary N) is 1. The van der Waals surface area contributed by atoms with Gasteiger partial charge in [0.2, 0.25) is 6.04 Å². The molecule has 0 spiro atoms. The first-order valence-electron chi connectivity index (χ1n) is 12.3. The van der Waals surface area contributed by atoms with Crippen LogP contribution in [0.3, 0.4) is 0 Å². The SMILES string of the molecule is N[C@@H](CC1CCCCN1)c1ncc(C2CCC([N+](=O)[O-])CC2)n1CC1CCCCC1. The summed E-state index contributed by atoms with van der Waals surface area (Å²) in [6.45, 7) is 2.12. The molecule has 4 rings (SSSR count). The van der Waals surface area contributed by atoms with Crippen LogP contribution in [0, 0.1) is 16.0 Å². The molecule has 168 valence electrons. The van der Waals surface area contributed by atoms with Crippen molar-refractivity contribution in [3.8, 4) is 0 Å². The second-order valence-corrected chi connectivity index (χ2v) is 9.94. The van der Waals surface area contributed by atoms with E-state index < -0.39 is 0 Å². The van der Waals surface area contributed by atoms with Gasteiger partial charge in [-0.15, -0.1) is 0 Å². The zero-order valence-electron chi connectivity index (χ0n) is 18.3. The summed E-state index contributed by atoms with van der Waals surface area (Å²) in [5.74, 6) is 2.13. The third kappa shape index (κ3) is 5.22. The van der Waals surface area contributed by atoms with Gasteiger partial charge in [0, 0.05) is 48.2 Å². The number of nitrogens with one attached hydrogen (secondary N) is 1. The number of aromatic nitrogens is 2. The molecule has 2 saturated carbocycles. The molecule has 30 heavy (non-hydrogen) atoms. The van der Waals surface area contributed by atoms with E-state index in [9.17, 15) is 10.1 Å². The van der Waals surface area contributed by atoms with E-state index in [0.29, 0.717) is 30.7 Å². The monoisotopic (exact) mass is 417 g/mol. The Hall–Kier alpha value is -1.47. The van der Waals surface area contributed by atoms with Crippen molar-refractivity contribution in [2.24, 2.45) is 11.7 Å². The Balaban J connectivity index is 1.51. The summed E-state index contributed by atoms with van der Waals surface area (Å²) >= 11 is 0. The zero-order valence-corrected chi connectivity index (χ0v) is 18.3. The summed E-state index contributed by atoms with van der Waals surface area (Å²) in [5, 5.41) is 14.8. The standard InChI is InChI=1S/C23H39N5O2/c24-21(14-19-8-4-5-13-25-19)23-26-15-22(18-9-11-20(12-10-18)28(29)30)27(23)16-17-6-2-1-3-7-17/h15,17-21,25H,1-14,16,24H2/t18?,19?,20?,21-/m0/s1. The molecule has 2 atom stereocenters. The van der Waals surface area contributed by atoms with Crippen LogP contribution in [-0.2, 0) is 6.54 Å². The Bertz CT molecular complexity index is 686. The molecular formula is C23H39N5O2. The number of hydrogen-bond acceptors (Lipinski definition) is 5. The van der Waals surface area contributed by atoms with Gasteiger partial charge in [-0.2, -0.15) is 0 Å². The fraction of sp³-hybridized carbons (Fsp3) is 0.870. The Morgan fingerprint density at radius 1 is 1.10 bits per heavy atom. The number of nitro groups is 1. The van der Waals surface area contributed by atoms with Crippen molar-refractivity contribution >= 4 is 0 Å². The topological polar surface area (TPSA) is 99.0 Å². The summed E-state index contributed by atoms with van der Waals surface area (Å²) in [6, 6.07) is 0.0793. The van der Waals surface area contributed by atoms with Crippen molar-refractivity contribution in [1.82, 2.24) is 14.9 Å². The minimum Gasteiger partial charge on any atom is -0.330 e. The van der Waals surface area contributed by atoms with Gasteiger partial charge in [-0.05, 0) is 57.4 Å². The Morgan fingerprint density at radius 2 is 1.83 bits per heavy atom. The Kier molecular flexibility index (Phi) is 7.41. The first-order valence-corrected chi connectivity index (χ1v) is 12.3. The highest BCUT2D eigenvalue weighted by Gasteiger charge is 2.32. The maximum absolute atomic E-state index is 11.2. The molecule has 1 aliphatic heterocycles. The molecule has 1 aromatic rings. The van der Waals surface area contributed by atoms with E-state index in [1.54, 1.807) is 0 Å². The van der Waals surface area contributed by atoms with Crippen molar-refractivity contribution in [3.05, 3.63) is 27.8 Å². The highest BCUT2D eigenvalue weighted by Crippen LogP contribution is 2.36. The fourth-order valence-corrected chi connectivity index (χ4v) is 5.97. The van der Waals surface area contributed by atoms with Gasteiger partial charge in [-0.1, -0.05) is 25.7 Å². The summed E-state index contributed by atoms with van der Waals surface area (Å²) in [7, 11) is 0. The Labute approximate surface area is 180 Å². The predicted molar refractivity (Wildman–Crippen MR) is 118 cm³/mol. The molecule has 2 heterocycles. The predicted octanol–water partition coefficient (Wildman–Crippen LogP) is 4.30. The molecule has 1 unspecified atom stereocenters. The largest absolute Gasteiger partial charge is 0.330 e. The molecular weight excluding hydrogens is 378 g/mol. The normalized spacial score (nSPS) is 29.6. The average Bonchev–Trinajstić information content (AvgIpc) is 3.19. The minimum absolute atomic E-state index is 0.0481. The summed E-state index contributed by atoms with van der Waals surface area (Å²) < 4.78 is 2.45. The zero-order chi connectivity index (χ0) is 20.9. The van der Waals surface area contributed by atoms with Gasteiger partial charge >= 0.3 is 0 Å². The lowest BCUT2D eigenvalue weighted by molar-refractivity contribution is -0.526. The van der Waals surface area contributed by atoms with E-state index in [0.717, 1.165) is 38.2 Å². The van der Waals surface area contributed by atoms with Crippen molar-refractivity contribution in [3.63, 3.8) is 0 Å². The number of rotatable bonds is 7. The van der Waals surface area contributed by atoms with Crippen LogP contribution in [0.5, 0.6) is 0 Å². The molecule has 3 N–H and O–H groups in total. The summed E-state index contributed by atoms with van der Waals surface area (Å²) in [4.78, 5) is 15.9. The van der Waals surface area contributed by atoms with Crippen molar-refractivity contribution < 1.29 is 4.92 Å². The van der Waals surface area contributed by atoms with Crippen LogP contribution < -0.4 is 11.1 Å². The smallest absolute Gasteiger partial charge is 0.213 e. The number of piperidine rings is 1. The number of imidazole rings is 1. The van der Waals surface area contributed by atoms with Crippen molar-refractivity contribution in [2.45, 2.75) is 114 Å². The summed E-state index contributed by atoms with van der Waals surface area (Å²) in [6.07, 6.45) is 16.5. The highest BCUT2D eigenvalue weighted by atomic mass is 16.6. The molecule has 1 saturated heterocycles. The van der Waals surface area contributed by atoms with E-state index in [2.05, 4.69) is 9.88 Å². The molecule has 0 bridgehead atoms. The number of hydrogen-bond donors (Lipinski definition) is 2. The van der Waals surface area contributed by atoms with E-state index in [-0.39, 0.29) is 17.0 Å². The lowest BCUT2D eigenvalue weighted by Gasteiger charge is -2.30. The van der Waals surface area contributed by atoms with Crippen LogP contribution in [0.1, 0.15) is 107 Å². The van der Waals surface area contributed by atoms with Crippen molar-refractivity contribution in [1.29, 1.82) is 0 Å². The second kappa shape index (κ2) is 10.2. The van der Waals surface area contributed by atoms with Gasteiger partial charge in [0.05, 0.1) is 6.04 Å². The molecule has 0 amide bonds. The van der Waals surface area contributed by atoms with E-state index in [1.807, 2.05) is 6.20 Å². The molecule has 0 radical (unpaired) electrons. The van der Waals surface area contributed by atoms with Gasteiger partial charge < -0.3 is 15.6 Å². The van der Waals surface area contributed by atoms with Crippen LogP contribution in [0.15, 0.2) is 6.20 Å². The van der Waals surface area contributed by atoms with Gasteiger partial charge in [-0.25, -0.2) is 4.98 Å². The molecule has 3 fully saturated rings. The molecule has 2 aliphatic carbocycles. The summed E-state index contributed by atoms with van der Waals surface area (Å²) in [5.41, 5.74) is 8.01. The maximum atomic E-state index is 11.2. The van der Waals surface area contributed by atoms with Crippen LogP contribution in [-0.4, -0.2) is 33.1 Å². The lowest BCUT2D eigenvalue weighted by atomic mass is 9.84. The van der Waals surface area contributed by atoms with Crippen LogP contribution in [0.2, 0.25) is 0 Å². The molecule has 3 aliphatic rings. The van der Waals surface area contributed by atoms with Crippen LogP contribution >= 0.6 is 0 Å². The third-order valence-corrected chi connectivity index (χ3v) is 7.78.